The largest absolute Gasteiger partial charge is 0.456 e. The maximum absolute atomic E-state index is 9.82. The number of aromatic nitrogens is 3. The van der Waals surface area contributed by atoms with Crippen molar-refractivity contribution in [1.29, 1.82) is 0 Å². The van der Waals surface area contributed by atoms with Gasteiger partial charge in [-0.3, -0.25) is 0 Å². The molecule has 20 rings (SSSR count). The Balaban J connectivity index is 0.950. The van der Waals surface area contributed by atoms with Crippen LogP contribution in [0.2, 0.25) is 0 Å². The van der Waals surface area contributed by atoms with Crippen LogP contribution >= 0.6 is 11.8 Å². The highest BCUT2D eigenvalue weighted by atomic mass is 32.2. The molecule has 0 saturated heterocycles. The highest BCUT2D eigenvalue weighted by molar-refractivity contribution is 8.00. The van der Waals surface area contributed by atoms with E-state index in [1.165, 1.54) is 0 Å². The first-order valence-corrected chi connectivity index (χ1v) is 32.7. The Hall–Kier alpha value is -11.2. The first-order valence-electron chi connectivity index (χ1n) is 39.9. The van der Waals surface area contributed by atoms with Crippen LogP contribution < -0.4 is 15.8 Å². The molecule has 0 N–H and O–H groups in total. The summed E-state index contributed by atoms with van der Waals surface area (Å²) in [6, 6.07) is 56.9. The van der Waals surface area contributed by atoms with E-state index in [4.69, 9.17) is 12.6 Å². The van der Waals surface area contributed by atoms with Crippen LogP contribution in [0.3, 0.4) is 0 Å². The highest BCUT2D eigenvalue weighted by Gasteiger charge is 2.46. The standard InChI is InChI=1S/C88H61BN4OS/c1-88(2,3)57-50-68(54-23-6-4-7-24-54)87(70(51-57)66-33-22-40-82-85(66)67-32-15-21-39-81(67)94-82)93-79-52-59(91-73-34-16-10-27-61(73)62-28-11-17-35-74(62)91)42-44-71(79)89-72-45-43-60(92-75-36-18-12-29-63(75)64-30-13-19-37-76(64)92)53-83(72)95-84-49-56(48-80(93)86(84)89)55-41-46-78-69(47-55)65-31-14-20-38-77(65)90(78)58-25-8-5-9-26-58/h4-52,83H,53H2,1-3H3/i10D,11D,12D,13D,16D,17D,18D,19D,27D,28D,29D,30D,34D,35D,36D,37D. The predicted octanol–water partition coefficient (Wildman–Crippen LogP) is 22.5. The van der Waals surface area contributed by atoms with Crippen molar-refractivity contribution in [3.63, 3.8) is 0 Å². The summed E-state index contributed by atoms with van der Waals surface area (Å²) in [5.74, 6) is 0. The Morgan fingerprint density at radius 3 is 1.77 bits per heavy atom. The molecule has 1 atom stereocenters. The quantitative estimate of drug-likeness (QED) is 0.149. The van der Waals surface area contributed by atoms with Crippen LogP contribution in [-0.2, 0) is 5.41 Å². The first kappa shape index (κ1) is 40.7. The molecule has 6 heterocycles. The second-order valence-corrected chi connectivity index (χ2v) is 27.1. The lowest BCUT2D eigenvalue weighted by atomic mass is 9.33. The summed E-state index contributed by atoms with van der Waals surface area (Å²) >= 11 is 1.65. The second-order valence-electron chi connectivity index (χ2n) is 25.9. The van der Waals surface area contributed by atoms with Crippen molar-refractivity contribution in [3.8, 4) is 44.8 Å². The Kier molecular flexibility index (Phi) is 8.83. The molecule has 4 aromatic heterocycles. The molecule has 448 valence electrons. The molecule has 0 radical (unpaired) electrons. The van der Waals surface area contributed by atoms with Crippen LogP contribution in [0.25, 0.3) is 138 Å². The van der Waals surface area contributed by atoms with Gasteiger partial charge in [-0.2, -0.15) is 0 Å². The van der Waals surface area contributed by atoms with E-state index < -0.39 is 114 Å². The van der Waals surface area contributed by atoms with E-state index in [2.05, 4.69) is 127 Å². The maximum Gasteiger partial charge on any atom is 0.245 e. The van der Waals surface area contributed by atoms with Crippen molar-refractivity contribution >= 4 is 140 Å². The van der Waals surface area contributed by atoms with E-state index in [0.717, 1.165) is 110 Å². The fourth-order valence-corrected chi connectivity index (χ4v) is 16.9. The van der Waals surface area contributed by atoms with Gasteiger partial charge in [-0.15, -0.1) is 11.8 Å². The molecule has 1 aliphatic carbocycles. The van der Waals surface area contributed by atoms with Gasteiger partial charge in [-0.05, 0) is 153 Å². The summed E-state index contributed by atoms with van der Waals surface area (Å²) in [6.07, 6.45) is 4.15. The van der Waals surface area contributed by atoms with Crippen LogP contribution in [0.15, 0.2) is 312 Å². The average molecular weight is 1250 g/mol. The normalized spacial score (nSPS) is 16.9. The Morgan fingerprint density at radius 1 is 0.442 bits per heavy atom. The van der Waals surface area contributed by atoms with Gasteiger partial charge in [0.1, 0.15) is 11.2 Å². The minimum absolute atomic E-state index is 0.0214. The summed E-state index contributed by atoms with van der Waals surface area (Å²) in [5, 5.41) is 3.21. The van der Waals surface area contributed by atoms with Crippen molar-refractivity contribution in [1.82, 2.24) is 13.7 Å². The number of allylic oxidation sites excluding steroid dienone is 3. The number of nitrogens with zero attached hydrogens (tertiary/aromatic N) is 4. The first-order chi connectivity index (χ1) is 53.4. The number of benzene rings is 13. The number of hydrogen-bond acceptors (Lipinski definition) is 3. The van der Waals surface area contributed by atoms with E-state index in [1.807, 2.05) is 103 Å². The lowest BCUT2D eigenvalue weighted by Crippen LogP contribution is -2.56. The second kappa shape index (κ2) is 20.6. The molecule has 13 aromatic carbocycles. The molecule has 0 bridgehead atoms. The Bertz CT molecular complexity index is 7020. The molecule has 1 unspecified atom stereocenters. The number of fused-ring (bicyclic) bond motifs is 16. The van der Waals surface area contributed by atoms with Crippen LogP contribution in [0.5, 0.6) is 0 Å². The van der Waals surface area contributed by atoms with Gasteiger partial charge in [-0.1, -0.05) is 214 Å². The van der Waals surface area contributed by atoms with E-state index in [1.54, 1.807) is 20.9 Å². The smallest absolute Gasteiger partial charge is 0.245 e. The minimum Gasteiger partial charge on any atom is -0.456 e. The third-order valence-electron chi connectivity index (χ3n) is 19.7. The lowest BCUT2D eigenvalue weighted by molar-refractivity contribution is 0.591. The van der Waals surface area contributed by atoms with Gasteiger partial charge in [0.15, 0.2) is 0 Å². The molecule has 95 heavy (non-hydrogen) atoms. The van der Waals surface area contributed by atoms with Crippen LogP contribution in [0.1, 0.15) is 54.7 Å². The molecule has 17 aromatic rings. The van der Waals surface area contributed by atoms with E-state index >= 15 is 0 Å². The van der Waals surface area contributed by atoms with Crippen molar-refractivity contribution in [2.24, 2.45) is 0 Å². The van der Waals surface area contributed by atoms with Crippen LogP contribution in [0, 0.1) is 0 Å². The van der Waals surface area contributed by atoms with Crippen molar-refractivity contribution in [2.75, 3.05) is 4.90 Å². The molecular formula is C88H61BN4OS. The topological polar surface area (TPSA) is 31.2 Å². The number of rotatable bonds is 7. The number of anilines is 3. The van der Waals surface area contributed by atoms with E-state index in [-0.39, 0.29) is 50.0 Å². The molecule has 2 aliphatic heterocycles. The third-order valence-corrected chi connectivity index (χ3v) is 21.0. The SMILES string of the molecule is [2H]c1c([2H])c([2H])c2c(c1[2H])c1c([2H])c([2H])c([2H])c([2H])c1n2C1=CC=C2B3c4ccc(-n5c6c([2H])c([2H])c([2H])c([2H])c6c6c([2H])c([2H])c([2H])c([2H])c65)cc4N(c4c(-c5ccccc5)cc(C(C)(C)C)cc4-c4cccc5oc6ccccc6c45)c4cc(-c5ccc6c(c5)c5ccccc5n6-c5ccccc5)cc(c43)SC2C1. The summed E-state index contributed by atoms with van der Waals surface area (Å²) in [6.45, 7) is 6.01. The van der Waals surface area contributed by atoms with Gasteiger partial charge in [0.05, 0.1) is 60.7 Å². The summed E-state index contributed by atoms with van der Waals surface area (Å²) in [4.78, 5) is 3.24. The molecule has 0 spiro atoms. The number of para-hydroxylation sites is 7. The van der Waals surface area contributed by atoms with Crippen molar-refractivity contribution in [2.45, 2.75) is 42.8 Å². The van der Waals surface area contributed by atoms with Crippen LogP contribution in [0.4, 0.5) is 17.1 Å². The van der Waals surface area contributed by atoms with Gasteiger partial charge in [0.25, 0.3) is 0 Å². The fraction of sp³-hybridized carbons (Fsp3) is 0.0682. The van der Waals surface area contributed by atoms with Crippen molar-refractivity contribution < 1.29 is 26.3 Å². The summed E-state index contributed by atoms with van der Waals surface area (Å²) < 4.78 is 161. The van der Waals surface area contributed by atoms with Gasteiger partial charge in [0, 0.05) is 99.2 Å². The molecule has 7 heteroatoms. The van der Waals surface area contributed by atoms with E-state index in [9.17, 15) is 13.7 Å². The monoisotopic (exact) mass is 1250 g/mol. The molecule has 0 saturated carbocycles. The summed E-state index contributed by atoms with van der Waals surface area (Å²) in [7, 11) is 0. The third kappa shape index (κ3) is 8.12. The molecule has 0 fully saturated rings. The number of furan rings is 1. The zero-order chi connectivity index (χ0) is 76.7. The predicted molar refractivity (Wildman–Crippen MR) is 403 cm³/mol. The summed E-state index contributed by atoms with van der Waals surface area (Å²) in [5.41, 5.74) is 15.9. The zero-order valence-electron chi connectivity index (χ0n) is 67.5. The van der Waals surface area contributed by atoms with Crippen LogP contribution in [-0.4, -0.2) is 25.7 Å². The highest BCUT2D eigenvalue weighted by Crippen LogP contribution is 2.55. The molecule has 3 aliphatic rings. The van der Waals surface area contributed by atoms with Gasteiger partial charge in [-0.25, -0.2) is 0 Å². The van der Waals surface area contributed by atoms with E-state index in [0.29, 0.717) is 28.2 Å². The van der Waals surface area contributed by atoms with Gasteiger partial charge in [0.2, 0.25) is 6.71 Å². The minimum atomic E-state index is -0.598. The van der Waals surface area contributed by atoms with Crippen molar-refractivity contribution in [3.05, 3.63) is 308 Å². The number of hydrogen-bond donors (Lipinski definition) is 0. The fourth-order valence-electron chi connectivity index (χ4n) is 15.5. The zero-order valence-corrected chi connectivity index (χ0v) is 52.3. The lowest BCUT2D eigenvalue weighted by Gasteiger charge is -2.45. The van der Waals surface area contributed by atoms with Gasteiger partial charge >= 0.3 is 0 Å². The maximum atomic E-state index is 9.82. The number of thioether (sulfide) groups is 1. The molecular weight excluding hydrogens is 1170 g/mol. The Labute approximate surface area is 577 Å². The molecule has 5 nitrogen and oxygen atoms in total. The molecule has 0 amide bonds. The average Bonchev–Trinajstić information content (AvgIpc) is 1.69. The van der Waals surface area contributed by atoms with Gasteiger partial charge < -0.3 is 23.0 Å². The Morgan fingerprint density at radius 2 is 1.05 bits per heavy atom.